The average Bonchev–Trinajstić information content (AvgIpc) is 2.59. The molecule has 0 amide bonds. The molecule has 0 saturated heterocycles. The largest absolute Gasteiger partial charge is 0.479 e. The first kappa shape index (κ1) is 22.7. The third-order valence-electron chi connectivity index (χ3n) is 3.87. The molecule has 0 N–H and O–H groups in total. The van der Waals surface area contributed by atoms with Crippen LogP contribution in [0.1, 0.15) is 49.6 Å². The molecule has 0 saturated carbocycles. The molecule has 0 radical (unpaired) electrons. The smallest absolute Gasteiger partial charge is 0.220 e. The summed E-state index contributed by atoms with van der Waals surface area (Å²) in [4.78, 5) is 0. The van der Waals surface area contributed by atoms with Gasteiger partial charge in [0, 0.05) is 30.4 Å². The van der Waals surface area contributed by atoms with Crippen molar-refractivity contribution in [1.29, 1.82) is 0 Å². The van der Waals surface area contributed by atoms with Crippen LogP contribution in [0.3, 0.4) is 0 Å². The van der Waals surface area contributed by atoms with Crippen LogP contribution in [-0.4, -0.2) is 33.5 Å². The second kappa shape index (κ2) is 10.3. The molecule has 0 bridgehead atoms. The lowest BCUT2D eigenvalue weighted by Crippen LogP contribution is -2.36. The standard InChI is InChI=1S/C19H26O4S4/c1-6-20-17(24)26-11-15(27-18(25)21-7-2)13-9-8-12(3)16-14(13)10-22-19(4,5)23-16/h8-9,15H,6-7,10-11H2,1-5H3. The summed E-state index contributed by atoms with van der Waals surface area (Å²) in [6, 6.07) is 4.20. The number of thiocarbonyl (C=S) groups is 2. The lowest BCUT2D eigenvalue weighted by atomic mass is 10.00. The summed E-state index contributed by atoms with van der Waals surface area (Å²) in [7, 11) is 0. The van der Waals surface area contributed by atoms with Crippen LogP contribution in [-0.2, 0) is 20.8 Å². The minimum absolute atomic E-state index is 0.0511. The Balaban J connectivity index is 2.31. The molecule has 0 aliphatic carbocycles. The fraction of sp³-hybridized carbons (Fsp3) is 0.579. The summed E-state index contributed by atoms with van der Waals surface area (Å²) in [5, 5.41) is 0.0511. The van der Waals surface area contributed by atoms with Gasteiger partial charge < -0.3 is 18.9 Å². The van der Waals surface area contributed by atoms with E-state index in [9.17, 15) is 0 Å². The predicted molar refractivity (Wildman–Crippen MR) is 122 cm³/mol. The van der Waals surface area contributed by atoms with Gasteiger partial charge in [-0.2, -0.15) is 0 Å². The van der Waals surface area contributed by atoms with Gasteiger partial charge in [-0.1, -0.05) is 35.7 Å². The summed E-state index contributed by atoms with van der Waals surface area (Å²) in [6.45, 7) is 11.4. The zero-order valence-electron chi connectivity index (χ0n) is 16.3. The predicted octanol–water partition coefficient (Wildman–Crippen LogP) is 5.79. The molecule has 1 aromatic rings. The summed E-state index contributed by atoms with van der Waals surface area (Å²) >= 11 is 13.7. The number of aryl methyl sites for hydroxylation is 1. The minimum atomic E-state index is -0.634. The fourth-order valence-electron chi connectivity index (χ4n) is 2.63. The van der Waals surface area contributed by atoms with E-state index in [4.69, 9.17) is 43.4 Å². The van der Waals surface area contributed by atoms with Gasteiger partial charge in [-0.05, 0) is 56.3 Å². The van der Waals surface area contributed by atoms with E-state index in [1.165, 1.54) is 23.5 Å². The van der Waals surface area contributed by atoms with Gasteiger partial charge in [0.15, 0.2) is 0 Å². The Morgan fingerprint density at radius 1 is 1.19 bits per heavy atom. The molecule has 27 heavy (non-hydrogen) atoms. The van der Waals surface area contributed by atoms with E-state index in [0.29, 0.717) is 28.6 Å². The molecule has 150 valence electrons. The van der Waals surface area contributed by atoms with E-state index >= 15 is 0 Å². The monoisotopic (exact) mass is 446 g/mol. The highest BCUT2D eigenvalue weighted by molar-refractivity contribution is 8.25. The molecular weight excluding hydrogens is 420 g/mol. The van der Waals surface area contributed by atoms with Crippen molar-refractivity contribution in [3.8, 4) is 5.75 Å². The van der Waals surface area contributed by atoms with E-state index in [-0.39, 0.29) is 5.25 Å². The maximum absolute atomic E-state index is 6.10. The molecule has 2 rings (SSSR count). The third kappa shape index (κ3) is 6.49. The van der Waals surface area contributed by atoms with Crippen molar-refractivity contribution >= 4 is 56.7 Å². The molecule has 1 aliphatic heterocycles. The number of thioether (sulfide) groups is 2. The van der Waals surface area contributed by atoms with Crippen molar-refractivity contribution < 1.29 is 18.9 Å². The quantitative estimate of drug-likeness (QED) is 0.508. The summed E-state index contributed by atoms with van der Waals surface area (Å²) in [6.07, 6.45) is 0. The van der Waals surface area contributed by atoms with E-state index < -0.39 is 5.79 Å². The van der Waals surface area contributed by atoms with Crippen molar-refractivity contribution in [1.82, 2.24) is 0 Å². The van der Waals surface area contributed by atoms with Crippen LogP contribution in [0.5, 0.6) is 5.75 Å². The number of hydrogen-bond donors (Lipinski definition) is 0. The van der Waals surface area contributed by atoms with Gasteiger partial charge >= 0.3 is 0 Å². The van der Waals surface area contributed by atoms with Gasteiger partial charge in [0.25, 0.3) is 0 Å². The Morgan fingerprint density at radius 2 is 1.85 bits per heavy atom. The Kier molecular flexibility index (Phi) is 8.68. The first-order valence-corrected chi connectivity index (χ1v) is 11.5. The molecule has 1 atom stereocenters. The normalized spacial score (nSPS) is 16.0. The molecule has 0 aromatic heterocycles. The number of benzene rings is 1. The number of fused-ring (bicyclic) bond motifs is 1. The molecule has 0 fully saturated rings. The molecule has 0 spiro atoms. The summed E-state index contributed by atoms with van der Waals surface area (Å²) in [5.74, 6) is 0.981. The highest BCUT2D eigenvalue weighted by Crippen LogP contribution is 2.43. The lowest BCUT2D eigenvalue weighted by Gasteiger charge is -2.35. The van der Waals surface area contributed by atoms with Gasteiger partial charge in [-0.25, -0.2) is 0 Å². The van der Waals surface area contributed by atoms with Gasteiger partial charge in [0.05, 0.1) is 19.8 Å². The highest BCUT2D eigenvalue weighted by atomic mass is 32.2. The first-order valence-electron chi connectivity index (χ1n) is 8.85. The zero-order valence-corrected chi connectivity index (χ0v) is 19.6. The Morgan fingerprint density at radius 3 is 2.52 bits per heavy atom. The molecule has 1 aliphatic rings. The van der Waals surface area contributed by atoms with Crippen molar-refractivity contribution in [3.05, 3.63) is 28.8 Å². The van der Waals surface area contributed by atoms with Crippen LogP contribution in [0.15, 0.2) is 12.1 Å². The Hall–Kier alpha value is -0.540. The van der Waals surface area contributed by atoms with Crippen LogP contribution >= 0.6 is 48.0 Å². The summed E-state index contributed by atoms with van der Waals surface area (Å²) < 4.78 is 24.0. The van der Waals surface area contributed by atoms with Gasteiger partial charge in [0.1, 0.15) is 5.75 Å². The molecule has 4 nitrogen and oxygen atoms in total. The Bertz CT molecular complexity index is 691. The molecule has 1 unspecified atom stereocenters. The van der Waals surface area contributed by atoms with Crippen LogP contribution in [0.25, 0.3) is 0 Å². The minimum Gasteiger partial charge on any atom is -0.479 e. The van der Waals surface area contributed by atoms with Crippen LogP contribution in [0.2, 0.25) is 0 Å². The Labute approximate surface area is 181 Å². The summed E-state index contributed by atoms with van der Waals surface area (Å²) in [5.41, 5.74) is 3.29. The van der Waals surface area contributed by atoms with Crippen molar-refractivity contribution in [2.45, 2.75) is 52.3 Å². The number of ether oxygens (including phenoxy) is 4. The second-order valence-electron chi connectivity index (χ2n) is 6.35. The van der Waals surface area contributed by atoms with Crippen LogP contribution in [0, 0.1) is 6.92 Å². The number of rotatable bonds is 6. The third-order valence-corrected chi connectivity index (χ3v) is 6.83. The van der Waals surface area contributed by atoms with Crippen molar-refractivity contribution in [2.75, 3.05) is 19.0 Å². The van der Waals surface area contributed by atoms with Crippen LogP contribution in [0.4, 0.5) is 0 Å². The maximum Gasteiger partial charge on any atom is 0.220 e. The van der Waals surface area contributed by atoms with Crippen molar-refractivity contribution in [3.63, 3.8) is 0 Å². The maximum atomic E-state index is 6.10. The number of hydrogen-bond acceptors (Lipinski definition) is 8. The molecule has 8 heteroatoms. The van der Waals surface area contributed by atoms with Crippen LogP contribution < -0.4 is 4.74 Å². The van der Waals surface area contributed by atoms with E-state index in [1.807, 2.05) is 27.7 Å². The topological polar surface area (TPSA) is 36.9 Å². The van der Waals surface area contributed by atoms with Gasteiger partial charge in [-0.3, -0.25) is 0 Å². The SMILES string of the molecule is CCOC(=S)SCC(SC(=S)OCC)c1ccc(C)c2c1COC(C)(C)O2. The van der Waals surface area contributed by atoms with E-state index in [1.54, 1.807) is 0 Å². The molecular formula is C19H26O4S4. The van der Waals surface area contributed by atoms with Gasteiger partial charge in [0.2, 0.25) is 14.6 Å². The fourth-order valence-corrected chi connectivity index (χ4v) is 5.33. The average molecular weight is 447 g/mol. The molecule has 1 heterocycles. The lowest BCUT2D eigenvalue weighted by molar-refractivity contribution is -0.180. The highest BCUT2D eigenvalue weighted by Gasteiger charge is 2.32. The second-order valence-corrected chi connectivity index (χ2v) is 9.78. The molecule has 1 aromatic carbocycles. The zero-order chi connectivity index (χ0) is 20.0. The van der Waals surface area contributed by atoms with E-state index in [2.05, 4.69) is 19.1 Å². The van der Waals surface area contributed by atoms with E-state index in [0.717, 1.165) is 28.2 Å². The van der Waals surface area contributed by atoms with Gasteiger partial charge in [-0.15, -0.1) is 0 Å². The first-order chi connectivity index (χ1) is 12.8. The van der Waals surface area contributed by atoms with Crippen molar-refractivity contribution in [2.24, 2.45) is 0 Å².